The Labute approximate surface area is 127 Å². The van der Waals surface area contributed by atoms with Gasteiger partial charge in [-0.1, -0.05) is 6.08 Å². The first-order chi connectivity index (χ1) is 10.3. The zero-order valence-corrected chi connectivity index (χ0v) is 12.4. The smallest absolute Gasteiger partial charge is 0.319 e. The Balaban J connectivity index is 2.38. The third kappa shape index (κ3) is 3.74. The van der Waals surface area contributed by atoms with Crippen LogP contribution in [0.2, 0.25) is 0 Å². The van der Waals surface area contributed by atoms with Crippen molar-refractivity contribution in [2.75, 3.05) is 25.2 Å². The summed E-state index contributed by atoms with van der Waals surface area (Å²) in [6.45, 7) is 0.0539. The first kappa shape index (κ1) is 16.2. The van der Waals surface area contributed by atoms with Crippen molar-refractivity contribution in [1.29, 1.82) is 0 Å². The molecule has 1 aromatic rings. The number of rotatable bonds is 5. The lowest BCUT2D eigenvalue weighted by Gasteiger charge is -2.33. The van der Waals surface area contributed by atoms with Crippen LogP contribution in [0.1, 0.15) is 0 Å². The van der Waals surface area contributed by atoms with Crippen molar-refractivity contribution >= 4 is 21.8 Å². The summed E-state index contributed by atoms with van der Waals surface area (Å²) in [5, 5.41) is 11.5. The second-order valence-corrected chi connectivity index (χ2v) is 5.83. The van der Waals surface area contributed by atoms with E-state index in [-0.39, 0.29) is 22.9 Å². The maximum atomic E-state index is 11.5. The number of hydrogen-bond acceptors (Lipinski definition) is 7. The van der Waals surface area contributed by atoms with Crippen LogP contribution in [0.25, 0.3) is 0 Å². The molecule has 1 heterocycles. The second kappa shape index (κ2) is 6.32. The van der Waals surface area contributed by atoms with E-state index in [1.54, 1.807) is 6.08 Å². The van der Waals surface area contributed by atoms with E-state index in [1.807, 2.05) is 0 Å². The van der Waals surface area contributed by atoms with Gasteiger partial charge in [0.25, 0.3) is 10.1 Å². The van der Waals surface area contributed by atoms with Crippen molar-refractivity contribution in [3.05, 3.63) is 30.5 Å². The number of carboxylic acids is 1. The number of hydrazine groups is 2. The number of nitrogens with one attached hydrogen (secondary N) is 1. The molecule has 0 amide bonds. The molecule has 0 aromatic heterocycles. The quantitative estimate of drug-likeness (QED) is 0.645. The fraction of sp³-hybridized carbons (Fsp3) is 0.250. The van der Waals surface area contributed by atoms with Gasteiger partial charge in [-0.2, -0.15) is 14.0 Å². The SMILES string of the molecule is COc1ccc(N2C=CCN(CC(=O)O)N2)c(S(=O)(=O)O)c1. The molecular formula is C12H15N3O6S. The molecule has 0 atom stereocenters. The van der Waals surface area contributed by atoms with E-state index in [0.717, 1.165) is 0 Å². The van der Waals surface area contributed by atoms with Crippen LogP contribution >= 0.6 is 0 Å². The molecule has 0 unspecified atom stereocenters. The number of ether oxygens (including phenoxy) is 1. The highest BCUT2D eigenvalue weighted by Gasteiger charge is 2.23. The Morgan fingerprint density at radius 1 is 1.45 bits per heavy atom. The Kier molecular flexibility index (Phi) is 4.66. The second-order valence-electron chi connectivity index (χ2n) is 4.44. The molecule has 0 saturated carbocycles. The van der Waals surface area contributed by atoms with Gasteiger partial charge in [-0.25, -0.2) is 5.01 Å². The van der Waals surface area contributed by atoms with E-state index in [9.17, 15) is 17.8 Å². The fourth-order valence-corrected chi connectivity index (χ4v) is 2.63. The lowest BCUT2D eigenvalue weighted by molar-refractivity contribution is -0.139. The minimum Gasteiger partial charge on any atom is -0.497 e. The van der Waals surface area contributed by atoms with Gasteiger partial charge in [0.2, 0.25) is 0 Å². The molecule has 1 aromatic carbocycles. The van der Waals surface area contributed by atoms with Crippen LogP contribution in [0, 0.1) is 0 Å². The molecule has 0 radical (unpaired) electrons. The Morgan fingerprint density at radius 3 is 2.77 bits per heavy atom. The average Bonchev–Trinajstić information content (AvgIpc) is 2.45. The summed E-state index contributed by atoms with van der Waals surface area (Å²) in [5.74, 6) is -0.771. The molecule has 9 nitrogen and oxygen atoms in total. The number of anilines is 1. The first-order valence-corrected chi connectivity index (χ1v) is 7.59. The zero-order valence-electron chi connectivity index (χ0n) is 11.6. The number of aliphatic carboxylic acids is 1. The molecule has 120 valence electrons. The fourth-order valence-electron chi connectivity index (χ4n) is 1.93. The van der Waals surface area contributed by atoms with Gasteiger partial charge in [0.15, 0.2) is 0 Å². The summed E-state index contributed by atoms with van der Waals surface area (Å²) in [4.78, 5) is 10.4. The highest BCUT2D eigenvalue weighted by atomic mass is 32.2. The van der Waals surface area contributed by atoms with Gasteiger partial charge in [-0.3, -0.25) is 14.4 Å². The lowest BCUT2D eigenvalue weighted by Crippen LogP contribution is -2.52. The van der Waals surface area contributed by atoms with Crippen molar-refractivity contribution in [3.8, 4) is 5.75 Å². The van der Waals surface area contributed by atoms with E-state index in [4.69, 9.17) is 9.84 Å². The lowest BCUT2D eigenvalue weighted by atomic mass is 10.3. The maximum Gasteiger partial charge on any atom is 0.319 e. The monoisotopic (exact) mass is 329 g/mol. The van der Waals surface area contributed by atoms with E-state index in [0.29, 0.717) is 6.54 Å². The molecule has 22 heavy (non-hydrogen) atoms. The third-order valence-corrected chi connectivity index (χ3v) is 3.74. The predicted octanol–water partition coefficient (Wildman–Crippen LogP) is 0.0818. The van der Waals surface area contributed by atoms with Gasteiger partial charge >= 0.3 is 5.97 Å². The third-order valence-electron chi connectivity index (χ3n) is 2.86. The Morgan fingerprint density at radius 2 is 2.18 bits per heavy atom. The van der Waals surface area contributed by atoms with E-state index in [1.165, 1.54) is 41.5 Å². The average molecular weight is 329 g/mol. The Bertz CT molecular complexity index is 703. The van der Waals surface area contributed by atoms with Crippen LogP contribution < -0.4 is 15.3 Å². The van der Waals surface area contributed by atoms with E-state index < -0.39 is 16.1 Å². The molecule has 0 aliphatic carbocycles. The van der Waals surface area contributed by atoms with Crippen LogP contribution in [0.3, 0.4) is 0 Å². The van der Waals surface area contributed by atoms with Crippen molar-refractivity contribution in [3.63, 3.8) is 0 Å². The molecule has 0 bridgehead atoms. The molecular weight excluding hydrogens is 314 g/mol. The number of hydrogen-bond donors (Lipinski definition) is 3. The van der Waals surface area contributed by atoms with Gasteiger partial charge in [-0.05, 0) is 12.1 Å². The van der Waals surface area contributed by atoms with Gasteiger partial charge in [0, 0.05) is 18.8 Å². The number of carboxylic acid groups (broad SMARTS) is 1. The van der Waals surface area contributed by atoms with Gasteiger partial charge in [0.05, 0.1) is 12.8 Å². The first-order valence-electron chi connectivity index (χ1n) is 6.15. The van der Waals surface area contributed by atoms with Crippen LogP contribution in [0.5, 0.6) is 5.75 Å². The molecule has 2 rings (SSSR count). The predicted molar refractivity (Wildman–Crippen MR) is 76.8 cm³/mol. The summed E-state index contributed by atoms with van der Waals surface area (Å²) in [6.07, 6.45) is 3.19. The molecule has 10 heteroatoms. The highest BCUT2D eigenvalue weighted by molar-refractivity contribution is 7.86. The van der Waals surface area contributed by atoms with Crippen molar-refractivity contribution in [2.45, 2.75) is 4.90 Å². The summed E-state index contributed by atoms with van der Waals surface area (Å²) >= 11 is 0. The van der Waals surface area contributed by atoms with Crippen molar-refractivity contribution < 1.29 is 27.6 Å². The van der Waals surface area contributed by atoms with Crippen LogP contribution in [0.4, 0.5) is 5.69 Å². The van der Waals surface area contributed by atoms with E-state index in [2.05, 4.69) is 5.53 Å². The molecule has 0 fully saturated rings. The molecule has 1 aliphatic rings. The van der Waals surface area contributed by atoms with Gasteiger partial charge < -0.3 is 9.84 Å². The summed E-state index contributed by atoms with van der Waals surface area (Å²) in [7, 11) is -3.11. The summed E-state index contributed by atoms with van der Waals surface area (Å²) < 4.78 is 37.4. The molecule has 0 spiro atoms. The minimum absolute atomic E-state index is 0.134. The number of methoxy groups -OCH3 is 1. The van der Waals surface area contributed by atoms with Gasteiger partial charge in [0.1, 0.15) is 17.2 Å². The number of nitrogens with zero attached hydrogens (tertiary/aromatic N) is 2. The van der Waals surface area contributed by atoms with Crippen LogP contribution in [0.15, 0.2) is 35.4 Å². The number of carbonyl (C=O) groups is 1. The van der Waals surface area contributed by atoms with Gasteiger partial charge in [-0.15, -0.1) is 0 Å². The Hall–Kier alpha value is -2.14. The number of benzene rings is 1. The van der Waals surface area contributed by atoms with Crippen LogP contribution in [-0.4, -0.2) is 49.3 Å². The topological polar surface area (TPSA) is 119 Å². The maximum absolute atomic E-state index is 11.5. The largest absolute Gasteiger partial charge is 0.497 e. The zero-order chi connectivity index (χ0) is 16.3. The standard InChI is InChI=1S/C12H15N3O6S/c1-21-9-3-4-10(11(7-9)22(18,19)20)15-6-2-5-14(13-15)8-12(16)17/h2-4,6-7,13H,5,8H2,1H3,(H,16,17)(H,18,19,20). The van der Waals surface area contributed by atoms with E-state index >= 15 is 0 Å². The molecule has 3 N–H and O–H groups in total. The normalized spacial score (nSPS) is 15.8. The highest BCUT2D eigenvalue weighted by Crippen LogP contribution is 2.29. The molecule has 0 saturated heterocycles. The van der Waals surface area contributed by atoms with Crippen molar-refractivity contribution in [1.82, 2.24) is 10.5 Å². The summed E-state index contributed by atoms with van der Waals surface area (Å²) in [6, 6.07) is 4.13. The minimum atomic E-state index is -4.49. The van der Waals surface area contributed by atoms with Crippen LogP contribution in [-0.2, 0) is 14.9 Å². The molecule has 1 aliphatic heterocycles. The van der Waals surface area contributed by atoms with Crippen molar-refractivity contribution in [2.24, 2.45) is 0 Å². The summed E-state index contributed by atoms with van der Waals surface area (Å²) in [5.41, 5.74) is 2.87.